The van der Waals surface area contributed by atoms with Gasteiger partial charge in [-0.1, -0.05) is 23.7 Å². The molecule has 17 heavy (non-hydrogen) atoms. The van der Waals surface area contributed by atoms with Gasteiger partial charge in [-0.3, -0.25) is 4.90 Å². The molecule has 1 rings (SSSR count). The summed E-state index contributed by atoms with van der Waals surface area (Å²) in [6, 6.07) is 7.73. The first-order chi connectivity index (χ1) is 7.91. The van der Waals surface area contributed by atoms with Crippen molar-refractivity contribution >= 4 is 11.6 Å². The second-order valence-electron chi connectivity index (χ2n) is 4.65. The van der Waals surface area contributed by atoms with Crippen LogP contribution in [0.15, 0.2) is 24.3 Å². The molecule has 96 valence electrons. The molecule has 3 nitrogen and oxygen atoms in total. The Labute approximate surface area is 108 Å². The van der Waals surface area contributed by atoms with Crippen LogP contribution in [0.4, 0.5) is 0 Å². The average Bonchev–Trinajstić information content (AvgIpc) is 2.15. The summed E-state index contributed by atoms with van der Waals surface area (Å²) in [5.41, 5.74) is 7.11. The van der Waals surface area contributed by atoms with Crippen LogP contribution in [0.2, 0.25) is 5.02 Å². The lowest BCUT2D eigenvalue weighted by Gasteiger charge is -2.32. The molecule has 1 aromatic carbocycles. The molecule has 4 heteroatoms. The molecule has 0 saturated heterocycles. The van der Waals surface area contributed by atoms with Crippen molar-refractivity contribution in [3.05, 3.63) is 34.9 Å². The van der Waals surface area contributed by atoms with E-state index in [2.05, 4.69) is 4.90 Å². The highest BCUT2D eigenvalue weighted by Gasteiger charge is 2.22. The molecule has 0 saturated carbocycles. The van der Waals surface area contributed by atoms with Crippen LogP contribution in [-0.2, 0) is 0 Å². The van der Waals surface area contributed by atoms with Crippen LogP contribution in [-0.4, -0.2) is 35.7 Å². The molecule has 0 fully saturated rings. The summed E-state index contributed by atoms with van der Waals surface area (Å²) in [6.45, 7) is 4.32. The van der Waals surface area contributed by atoms with E-state index in [1.54, 1.807) is 6.92 Å². The van der Waals surface area contributed by atoms with E-state index < -0.39 is 0 Å². The zero-order chi connectivity index (χ0) is 13.0. The summed E-state index contributed by atoms with van der Waals surface area (Å²) in [6.07, 6.45) is -0.375. The van der Waals surface area contributed by atoms with Crippen molar-refractivity contribution in [2.45, 2.75) is 32.0 Å². The van der Waals surface area contributed by atoms with Gasteiger partial charge in [0.15, 0.2) is 0 Å². The van der Waals surface area contributed by atoms with Gasteiger partial charge in [-0.05, 0) is 38.6 Å². The summed E-state index contributed by atoms with van der Waals surface area (Å²) < 4.78 is 0. The zero-order valence-electron chi connectivity index (χ0n) is 10.6. The van der Waals surface area contributed by atoms with Gasteiger partial charge in [0.05, 0.1) is 6.10 Å². The number of nitrogens with zero attached hydrogens (tertiary/aromatic N) is 1. The monoisotopic (exact) mass is 256 g/mol. The third-order valence-corrected chi connectivity index (χ3v) is 2.95. The van der Waals surface area contributed by atoms with Crippen LogP contribution >= 0.6 is 11.6 Å². The summed E-state index contributed by atoms with van der Waals surface area (Å²) >= 11 is 6.00. The molecule has 0 aliphatic rings. The largest absolute Gasteiger partial charge is 0.392 e. The van der Waals surface area contributed by atoms with Crippen LogP contribution in [0, 0.1) is 0 Å². The maximum absolute atomic E-state index is 9.45. The Bertz CT molecular complexity index is 355. The number of aliphatic hydroxyl groups is 1. The summed E-state index contributed by atoms with van der Waals surface area (Å²) in [7, 11) is 1.96. The molecular weight excluding hydrogens is 236 g/mol. The van der Waals surface area contributed by atoms with Gasteiger partial charge in [0.2, 0.25) is 0 Å². The van der Waals surface area contributed by atoms with Gasteiger partial charge in [0, 0.05) is 23.7 Å². The van der Waals surface area contributed by atoms with Crippen LogP contribution in [0.1, 0.15) is 25.5 Å². The molecule has 0 aromatic heterocycles. The molecular formula is C13H21ClN2O. The number of hydrogen-bond donors (Lipinski definition) is 2. The highest BCUT2D eigenvalue weighted by molar-refractivity contribution is 6.30. The molecule has 0 bridgehead atoms. The maximum atomic E-state index is 9.45. The Morgan fingerprint density at radius 3 is 2.53 bits per heavy atom. The van der Waals surface area contributed by atoms with Crippen molar-refractivity contribution in [1.82, 2.24) is 4.90 Å². The fourth-order valence-corrected chi connectivity index (χ4v) is 2.38. The Morgan fingerprint density at radius 2 is 2.06 bits per heavy atom. The molecule has 0 spiro atoms. The van der Waals surface area contributed by atoms with Crippen LogP contribution < -0.4 is 5.73 Å². The quantitative estimate of drug-likeness (QED) is 0.848. The summed E-state index contributed by atoms with van der Waals surface area (Å²) in [4.78, 5) is 2.06. The summed E-state index contributed by atoms with van der Waals surface area (Å²) in [5.74, 6) is 0. The number of benzene rings is 1. The molecule has 0 amide bonds. The normalized spacial score (nSPS) is 16.9. The second-order valence-corrected chi connectivity index (χ2v) is 5.08. The molecule has 3 unspecified atom stereocenters. The van der Waals surface area contributed by atoms with Crippen LogP contribution in [0.5, 0.6) is 0 Å². The predicted molar refractivity (Wildman–Crippen MR) is 72.2 cm³/mol. The number of hydrogen-bond acceptors (Lipinski definition) is 3. The first kappa shape index (κ1) is 14.5. The van der Waals surface area contributed by atoms with Gasteiger partial charge in [-0.25, -0.2) is 0 Å². The van der Waals surface area contributed by atoms with E-state index in [0.717, 1.165) is 5.56 Å². The van der Waals surface area contributed by atoms with Crippen molar-refractivity contribution in [2.24, 2.45) is 5.73 Å². The number of nitrogens with two attached hydrogens (primary N) is 1. The minimum absolute atomic E-state index is 0.0304. The Kier molecular flexibility index (Phi) is 5.40. The Morgan fingerprint density at radius 1 is 1.41 bits per heavy atom. The molecule has 3 atom stereocenters. The first-order valence-corrected chi connectivity index (χ1v) is 6.19. The molecule has 0 radical (unpaired) electrons. The lowest BCUT2D eigenvalue weighted by Crippen LogP contribution is -2.40. The molecule has 3 N–H and O–H groups in total. The highest BCUT2D eigenvalue weighted by atomic mass is 35.5. The van der Waals surface area contributed by atoms with Crippen molar-refractivity contribution in [2.75, 3.05) is 13.6 Å². The van der Waals surface area contributed by atoms with Crippen molar-refractivity contribution < 1.29 is 5.11 Å². The second kappa shape index (κ2) is 6.36. The standard InChI is InChI=1S/C13H21ClN2O/c1-9(17)8-16(3)13(10(2)15)11-5-4-6-12(14)7-11/h4-7,9-10,13,17H,8,15H2,1-3H3. The minimum Gasteiger partial charge on any atom is -0.392 e. The third-order valence-electron chi connectivity index (χ3n) is 2.72. The van der Waals surface area contributed by atoms with Gasteiger partial charge < -0.3 is 10.8 Å². The van der Waals surface area contributed by atoms with Gasteiger partial charge >= 0.3 is 0 Å². The van der Waals surface area contributed by atoms with E-state index in [0.29, 0.717) is 11.6 Å². The fraction of sp³-hybridized carbons (Fsp3) is 0.538. The molecule has 0 aliphatic heterocycles. The minimum atomic E-state index is -0.375. The van der Waals surface area contributed by atoms with Crippen molar-refractivity contribution in [3.8, 4) is 0 Å². The predicted octanol–water partition coefficient (Wildman–Crippen LogP) is 2.04. The van der Waals surface area contributed by atoms with Crippen molar-refractivity contribution in [1.29, 1.82) is 0 Å². The van der Waals surface area contributed by atoms with Gasteiger partial charge in [-0.2, -0.15) is 0 Å². The van der Waals surface area contributed by atoms with Gasteiger partial charge in [0.25, 0.3) is 0 Å². The SMILES string of the molecule is CC(O)CN(C)C(c1cccc(Cl)c1)C(C)N. The van der Waals surface area contributed by atoms with Crippen LogP contribution in [0.3, 0.4) is 0 Å². The Hall–Kier alpha value is -0.610. The third kappa shape index (κ3) is 4.28. The first-order valence-electron chi connectivity index (χ1n) is 5.81. The number of aliphatic hydroxyl groups excluding tert-OH is 1. The average molecular weight is 257 g/mol. The summed E-state index contributed by atoms with van der Waals surface area (Å²) in [5, 5.41) is 10.2. The van der Waals surface area contributed by atoms with E-state index >= 15 is 0 Å². The molecule has 1 aromatic rings. The number of likely N-dealkylation sites (N-methyl/N-ethyl adjacent to an activating group) is 1. The van der Waals surface area contributed by atoms with Gasteiger partial charge in [0.1, 0.15) is 0 Å². The number of halogens is 1. The van der Waals surface area contributed by atoms with Gasteiger partial charge in [-0.15, -0.1) is 0 Å². The lowest BCUT2D eigenvalue weighted by atomic mass is 9.99. The van der Waals surface area contributed by atoms with E-state index in [1.165, 1.54) is 0 Å². The van der Waals surface area contributed by atoms with E-state index in [4.69, 9.17) is 17.3 Å². The van der Waals surface area contributed by atoms with E-state index in [1.807, 2.05) is 38.2 Å². The molecule has 0 aliphatic carbocycles. The van der Waals surface area contributed by atoms with E-state index in [-0.39, 0.29) is 18.2 Å². The van der Waals surface area contributed by atoms with Crippen LogP contribution in [0.25, 0.3) is 0 Å². The maximum Gasteiger partial charge on any atom is 0.0639 e. The smallest absolute Gasteiger partial charge is 0.0639 e. The zero-order valence-corrected chi connectivity index (χ0v) is 11.4. The fourth-order valence-electron chi connectivity index (χ4n) is 2.18. The Balaban J connectivity index is 2.93. The van der Waals surface area contributed by atoms with E-state index in [9.17, 15) is 5.11 Å². The molecule has 0 heterocycles. The highest BCUT2D eigenvalue weighted by Crippen LogP contribution is 2.24. The van der Waals surface area contributed by atoms with Crippen molar-refractivity contribution in [3.63, 3.8) is 0 Å². The lowest BCUT2D eigenvalue weighted by molar-refractivity contribution is 0.110. The topological polar surface area (TPSA) is 49.5 Å². The number of rotatable bonds is 5.